The first kappa shape index (κ1) is 25.0. The van der Waals surface area contributed by atoms with E-state index in [0.717, 1.165) is 29.7 Å². The standard InChI is InChI=1S/C30H25NO7S/c1-31-12-10-19-15-22-28(37-17-36-22)29(34-3)23(19)25(31)26-20-8-9-21(33-2)27(24(20)30(32)38-26)35-13-6-4-5-7-18-11-14-39-16-18/h8-9,11,14-16,25-26H,10,12-13,17H2,1-3H3/t25-,26+/m1/s1. The zero-order valence-corrected chi connectivity index (χ0v) is 22.5. The van der Waals surface area contributed by atoms with Crippen LogP contribution in [-0.2, 0) is 11.2 Å². The second kappa shape index (κ2) is 10.5. The Bertz CT molecular complexity index is 1560. The molecule has 0 amide bonds. The van der Waals surface area contributed by atoms with Gasteiger partial charge in [0, 0.05) is 28.6 Å². The monoisotopic (exact) mass is 543 g/mol. The molecule has 0 unspecified atom stereocenters. The van der Waals surface area contributed by atoms with E-state index in [0.29, 0.717) is 39.9 Å². The first-order chi connectivity index (χ1) is 19.1. The average molecular weight is 544 g/mol. The predicted molar refractivity (Wildman–Crippen MR) is 144 cm³/mol. The van der Waals surface area contributed by atoms with E-state index in [1.54, 1.807) is 24.5 Å². The summed E-state index contributed by atoms with van der Waals surface area (Å²) in [5, 5.41) is 3.92. The van der Waals surface area contributed by atoms with Crippen molar-refractivity contribution in [3.8, 4) is 52.4 Å². The number of carbonyl (C=O) groups is 1. The summed E-state index contributed by atoms with van der Waals surface area (Å²) in [6.45, 7) is 0.942. The topological polar surface area (TPSA) is 75.7 Å². The van der Waals surface area contributed by atoms with Gasteiger partial charge < -0.3 is 28.4 Å². The number of nitrogens with zero attached hydrogens (tertiary/aromatic N) is 1. The normalized spacial score (nSPS) is 18.6. The van der Waals surface area contributed by atoms with Gasteiger partial charge in [0.25, 0.3) is 0 Å². The molecule has 0 fully saturated rings. The third-order valence-corrected chi connectivity index (χ3v) is 7.71. The van der Waals surface area contributed by atoms with Gasteiger partial charge in [-0.3, -0.25) is 4.90 Å². The molecule has 3 aromatic rings. The highest BCUT2D eigenvalue weighted by Crippen LogP contribution is 2.55. The molecule has 4 heterocycles. The van der Waals surface area contributed by atoms with Crippen LogP contribution >= 0.6 is 11.3 Å². The third-order valence-electron chi connectivity index (χ3n) is 7.02. The SMILES string of the molecule is COc1ccc2c(c1OCC#CC#Cc1ccsc1)C(=O)O[C@@H]2[C@H]1c2c(cc3c(c2OC)OCO3)CCN1C. The fraction of sp³-hybridized carbons (Fsp3) is 0.300. The molecule has 0 saturated heterocycles. The highest BCUT2D eigenvalue weighted by molar-refractivity contribution is 7.08. The van der Waals surface area contributed by atoms with E-state index >= 15 is 0 Å². The molecule has 3 aliphatic heterocycles. The number of carbonyl (C=O) groups excluding carboxylic acids is 1. The van der Waals surface area contributed by atoms with Crippen LogP contribution in [0.4, 0.5) is 0 Å². The number of cyclic esters (lactones) is 1. The van der Waals surface area contributed by atoms with Gasteiger partial charge in [0.2, 0.25) is 12.5 Å². The summed E-state index contributed by atoms with van der Waals surface area (Å²) >= 11 is 1.58. The molecule has 2 aromatic carbocycles. The predicted octanol–water partition coefficient (Wildman–Crippen LogP) is 4.37. The molecule has 2 atom stereocenters. The highest BCUT2D eigenvalue weighted by Gasteiger charge is 2.46. The summed E-state index contributed by atoms with van der Waals surface area (Å²) in [7, 11) is 5.15. The molecule has 0 radical (unpaired) electrons. The van der Waals surface area contributed by atoms with Gasteiger partial charge in [-0.2, -0.15) is 11.3 Å². The Morgan fingerprint density at radius 2 is 2.03 bits per heavy atom. The zero-order valence-electron chi connectivity index (χ0n) is 21.7. The molecule has 39 heavy (non-hydrogen) atoms. The lowest BCUT2D eigenvalue weighted by atomic mass is 9.85. The van der Waals surface area contributed by atoms with Crippen LogP contribution in [0.2, 0.25) is 0 Å². The van der Waals surface area contributed by atoms with Crippen molar-refractivity contribution in [1.29, 1.82) is 0 Å². The lowest BCUT2D eigenvalue weighted by molar-refractivity contribution is 0.00873. The number of esters is 1. The maximum Gasteiger partial charge on any atom is 0.343 e. The molecular formula is C30H25NO7S. The molecule has 8 nitrogen and oxygen atoms in total. The fourth-order valence-corrected chi connectivity index (χ4v) is 5.87. The van der Waals surface area contributed by atoms with Gasteiger partial charge in [-0.1, -0.05) is 12.0 Å². The number of fused-ring (bicyclic) bond motifs is 3. The van der Waals surface area contributed by atoms with E-state index in [2.05, 4.69) is 28.6 Å². The van der Waals surface area contributed by atoms with Crippen LogP contribution in [0.25, 0.3) is 0 Å². The van der Waals surface area contributed by atoms with Crippen LogP contribution in [0.3, 0.4) is 0 Å². The van der Waals surface area contributed by atoms with Crippen molar-refractivity contribution < 1.29 is 33.2 Å². The van der Waals surface area contributed by atoms with E-state index < -0.39 is 12.1 Å². The lowest BCUT2D eigenvalue weighted by Crippen LogP contribution is -2.36. The molecule has 3 aliphatic rings. The van der Waals surface area contributed by atoms with Crippen LogP contribution in [-0.4, -0.2) is 52.1 Å². The van der Waals surface area contributed by atoms with E-state index in [9.17, 15) is 4.79 Å². The minimum absolute atomic E-state index is 0.0343. The Balaban J connectivity index is 1.34. The van der Waals surface area contributed by atoms with Crippen LogP contribution in [0.1, 0.15) is 44.8 Å². The fourth-order valence-electron chi connectivity index (χ4n) is 5.28. The van der Waals surface area contributed by atoms with Gasteiger partial charge in [0.1, 0.15) is 18.3 Å². The summed E-state index contributed by atoms with van der Waals surface area (Å²) in [4.78, 5) is 15.5. The highest BCUT2D eigenvalue weighted by atomic mass is 32.1. The van der Waals surface area contributed by atoms with Gasteiger partial charge in [-0.05, 0) is 60.4 Å². The first-order valence-corrected chi connectivity index (χ1v) is 13.3. The summed E-state index contributed by atoms with van der Waals surface area (Å²) in [6.07, 6.45) is 0.204. The number of hydrogen-bond donors (Lipinski definition) is 0. The van der Waals surface area contributed by atoms with Crippen LogP contribution in [0.5, 0.6) is 28.7 Å². The van der Waals surface area contributed by atoms with Crippen molar-refractivity contribution in [2.45, 2.75) is 18.6 Å². The molecule has 0 aliphatic carbocycles. The van der Waals surface area contributed by atoms with Crippen molar-refractivity contribution in [2.24, 2.45) is 0 Å². The summed E-state index contributed by atoms with van der Waals surface area (Å²) in [6, 6.07) is 7.27. The quantitative estimate of drug-likeness (QED) is 0.347. The zero-order chi connectivity index (χ0) is 26.9. The van der Waals surface area contributed by atoms with Gasteiger partial charge >= 0.3 is 5.97 Å². The first-order valence-electron chi connectivity index (χ1n) is 12.4. The van der Waals surface area contributed by atoms with Crippen LogP contribution in [0, 0.1) is 23.7 Å². The second-order valence-corrected chi connectivity index (χ2v) is 9.91. The summed E-state index contributed by atoms with van der Waals surface area (Å²) in [5.74, 6) is 13.6. The number of likely N-dealkylation sites (N-methyl/N-ethyl adjacent to an activating group) is 1. The van der Waals surface area contributed by atoms with Crippen LogP contribution in [0.15, 0.2) is 35.0 Å². The Kier molecular flexibility index (Phi) is 6.70. The smallest absolute Gasteiger partial charge is 0.343 e. The maximum absolute atomic E-state index is 13.3. The Morgan fingerprint density at radius 1 is 1.13 bits per heavy atom. The van der Waals surface area contributed by atoms with Crippen molar-refractivity contribution in [3.63, 3.8) is 0 Å². The Morgan fingerprint density at radius 3 is 2.82 bits per heavy atom. The number of hydrogen-bond acceptors (Lipinski definition) is 9. The van der Waals surface area contributed by atoms with Gasteiger partial charge in [0.15, 0.2) is 23.0 Å². The van der Waals surface area contributed by atoms with Crippen molar-refractivity contribution >= 4 is 17.3 Å². The van der Waals surface area contributed by atoms with E-state index in [1.807, 2.05) is 36.0 Å². The number of ether oxygens (including phenoxy) is 6. The Hall–Kier alpha value is -4.31. The Labute approximate surface area is 230 Å². The molecule has 0 saturated carbocycles. The average Bonchev–Trinajstić information content (AvgIpc) is 3.70. The number of methoxy groups -OCH3 is 2. The number of thiophene rings is 1. The van der Waals surface area contributed by atoms with E-state index in [4.69, 9.17) is 28.4 Å². The number of benzene rings is 2. The minimum Gasteiger partial charge on any atom is -0.493 e. The van der Waals surface area contributed by atoms with E-state index in [1.165, 1.54) is 7.11 Å². The summed E-state index contributed by atoms with van der Waals surface area (Å²) in [5.41, 5.74) is 3.97. The van der Waals surface area contributed by atoms with Crippen molar-refractivity contribution in [1.82, 2.24) is 4.90 Å². The lowest BCUT2D eigenvalue weighted by Gasteiger charge is -2.38. The molecule has 9 heteroatoms. The minimum atomic E-state index is -0.596. The van der Waals surface area contributed by atoms with Crippen molar-refractivity contribution in [2.75, 3.05) is 41.2 Å². The number of rotatable bonds is 5. The van der Waals surface area contributed by atoms with Gasteiger partial charge in [0.05, 0.1) is 20.3 Å². The largest absolute Gasteiger partial charge is 0.493 e. The molecule has 0 bridgehead atoms. The molecule has 198 valence electrons. The maximum atomic E-state index is 13.3. The molecule has 1 aromatic heterocycles. The molecular weight excluding hydrogens is 518 g/mol. The molecule has 0 N–H and O–H groups in total. The van der Waals surface area contributed by atoms with E-state index in [-0.39, 0.29) is 19.4 Å². The molecule has 6 rings (SSSR count). The van der Waals surface area contributed by atoms with Gasteiger partial charge in [-0.15, -0.1) is 0 Å². The van der Waals surface area contributed by atoms with Crippen LogP contribution < -0.4 is 23.7 Å². The summed E-state index contributed by atoms with van der Waals surface area (Å²) < 4.78 is 34.7. The second-order valence-electron chi connectivity index (χ2n) is 9.13. The van der Waals surface area contributed by atoms with Gasteiger partial charge in [-0.25, -0.2) is 4.79 Å². The van der Waals surface area contributed by atoms with Crippen molar-refractivity contribution in [3.05, 3.63) is 62.8 Å². The molecule has 0 spiro atoms. The third kappa shape index (κ3) is 4.40.